The predicted molar refractivity (Wildman–Crippen MR) is 88.1 cm³/mol. The molecule has 7 heteroatoms. The highest BCUT2D eigenvalue weighted by molar-refractivity contribution is 7.18. The summed E-state index contributed by atoms with van der Waals surface area (Å²) >= 11 is 7.38. The largest absolute Gasteiger partial charge is 0.508 e. The number of hydrogen-bond acceptors (Lipinski definition) is 6. The number of benzene rings is 2. The maximum atomic E-state index is 9.85. The van der Waals surface area contributed by atoms with Crippen LogP contribution in [0.2, 0.25) is 5.02 Å². The van der Waals surface area contributed by atoms with Crippen LogP contribution in [0.1, 0.15) is 5.56 Å². The van der Waals surface area contributed by atoms with Gasteiger partial charge in [-0.05, 0) is 36.8 Å². The molecule has 112 valence electrons. The number of nitrogens with zero attached hydrogens (tertiary/aromatic N) is 2. The van der Waals surface area contributed by atoms with Gasteiger partial charge in [-0.15, -0.1) is 10.2 Å². The molecular formula is C15H12ClN3O2S. The van der Waals surface area contributed by atoms with Crippen LogP contribution in [0.15, 0.2) is 36.4 Å². The van der Waals surface area contributed by atoms with E-state index in [4.69, 9.17) is 11.6 Å². The van der Waals surface area contributed by atoms with Crippen molar-refractivity contribution < 1.29 is 10.2 Å². The van der Waals surface area contributed by atoms with E-state index in [2.05, 4.69) is 15.5 Å². The van der Waals surface area contributed by atoms with Gasteiger partial charge in [0.25, 0.3) is 0 Å². The average molecular weight is 334 g/mol. The molecule has 0 amide bonds. The molecule has 3 N–H and O–H groups in total. The number of rotatable bonds is 3. The second kappa shape index (κ2) is 5.82. The molecule has 0 radical (unpaired) electrons. The number of aryl methyl sites for hydroxylation is 1. The van der Waals surface area contributed by atoms with Crippen molar-refractivity contribution in [2.24, 2.45) is 0 Å². The van der Waals surface area contributed by atoms with Crippen LogP contribution >= 0.6 is 22.9 Å². The monoisotopic (exact) mass is 333 g/mol. The number of aromatic nitrogens is 2. The van der Waals surface area contributed by atoms with Crippen molar-refractivity contribution in [1.82, 2.24) is 10.2 Å². The van der Waals surface area contributed by atoms with Crippen molar-refractivity contribution in [3.63, 3.8) is 0 Å². The topological polar surface area (TPSA) is 78.3 Å². The van der Waals surface area contributed by atoms with Crippen molar-refractivity contribution in [3.05, 3.63) is 47.0 Å². The van der Waals surface area contributed by atoms with Gasteiger partial charge in [0.2, 0.25) is 5.13 Å². The molecule has 1 aromatic heterocycles. The minimum atomic E-state index is -0.0407. The van der Waals surface area contributed by atoms with Crippen molar-refractivity contribution in [1.29, 1.82) is 0 Å². The van der Waals surface area contributed by atoms with E-state index in [1.165, 1.54) is 23.5 Å². The second-order valence-corrected chi connectivity index (χ2v) is 6.09. The van der Waals surface area contributed by atoms with E-state index < -0.39 is 0 Å². The lowest BCUT2D eigenvalue weighted by molar-refractivity contribution is 0.452. The first-order valence-corrected chi connectivity index (χ1v) is 7.61. The molecule has 0 saturated carbocycles. The normalized spacial score (nSPS) is 10.6. The van der Waals surface area contributed by atoms with Gasteiger partial charge in [0.05, 0.1) is 5.56 Å². The Hall–Kier alpha value is -2.31. The number of anilines is 2. The Morgan fingerprint density at radius 1 is 1.09 bits per heavy atom. The lowest BCUT2D eigenvalue weighted by Crippen LogP contribution is -1.89. The van der Waals surface area contributed by atoms with E-state index in [9.17, 15) is 10.2 Å². The fourth-order valence-electron chi connectivity index (χ4n) is 1.88. The molecule has 1 heterocycles. The number of phenols is 2. The fraction of sp³-hybridized carbons (Fsp3) is 0.0667. The SMILES string of the molecule is Cc1ccc(Nc2nnc(-c3ccc(O)cc3O)s2)cc1Cl. The van der Waals surface area contributed by atoms with Gasteiger partial charge in [0, 0.05) is 16.8 Å². The molecule has 2 aromatic carbocycles. The van der Waals surface area contributed by atoms with Crippen LogP contribution in [0.5, 0.6) is 11.5 Å². The van der Waals surface area contributed by atoms with Crippen LogP contribution in [0.25, 0.3) is 10.6 Å². The molecular weight excluding hydrogens is 322 g/mol. The number of nitrogens with one attached hydrogen (secondary N) is 1. The van der Waals surface area contributed by atoms with Crippen molar-refractivity contribution in [2.75, 3.05) is 5.32 Å². The highest BCUT2D eigenvalue weighted by Gasteiger charge is 2.11. The third-order valence-electron chi connectivity index (χ3n) is 3.06. The Morgan fingerprint density at radius 3 is 2.64 bits per heavy atom. The van der Waals surface area contributed by atoms with Crippen LogP contribution in [0.3, 0.4) is 0 Å². The standard InChI is InChI=1S/C15H12ClN3O2S/c1-8-2-3-9(6-12(8)16)17-15-19-18-14(22-15)11-5-4-10(20)7-13(11)21/h2-7,20-21H,1H3,(H,17,19). The summed E-state index contributed by atoms with van der Waals surface area (Å²) in [5, 5.41) is 32.2. The first kappa shape index (κ1) is 14.6. The predicted octanol–water partition coefficient (Wildman–Crippen LogP) is 4.32. The molecule has 0 atom stereocenters. The van der Waals surface area contributed by atoms with Gasteiger partial charge in [0.1, 0.15) is 11.5 Å². The van der Waals surface area contributed by atoms with Crippen LogP contribution < -0.4 is 5.32 Å². The van der Waals surface area contributed by atoms with Gasteiger partial charge in [-0.1, -0.05) is 29.0 Å². The van der Waals surface area contributed by atoms with Crippen molar-refractivity contribution in [3.8, 4) is 22.1 Å². The summed E-state index contributed by atoms with van der Waals surface area (Å²) in [6.07, 6.45) is 0. The van der Waals surface area contributed by atoms with E-state index in [0.717, 1.165) is 11.3 Å². The molecule has 0 aliphatic rings. The molecule has 0 spiro atoms. The first-order valence-electron chi connectivity index (χ1n) is 6.42. The number of phenolic OH excluding ortho intramolecular Hbond substituents is 2. The minimum absolute atomic E-state index is 0.00147. The summed E-state index contributed by atoms with van der Waals surface area (Å²) in [6.45, 7) is 1.93. The lowest BCUT2D eigenvalue weighted by Gasteiger charge is -2.04. The van der Waals surface area contributed by atoms with Gasteiger partial charge in [0.15, 0.2) is 5.01 Å². The summed E-state index contributed by atoms with van der Waals surface area (Å²) in [5.41, 5.74) is 2.33. The third-order valence-corrected chi connectivity index (χ3v) is 4.34. The maximum Gasteiger partial charge on any atom is 0.210 e. The zero-order valence-electron chi connectivity index (χ0n) is 11.5. The molecule has 22 heavy (non-hydrogen) atoms. The quantitative estimate of drug-likeness (QED) is 0.665. The maximum absolute atomic E-state index is 9.85. The van der Waals surface area contributed by atoms with Gasteiger partial charge < -0.3 is 15.5 Å². The van der Waals surface area contributed by atoms with Crippen LogP contribution in [0, 0.1) is 6.92 Å². The molecule has 0 unspecified atom stereocenters. The van der Waals surface area contributed by atoms with E-state index in [-0.39, 0.29) is 11.5 Å². The highest BCUT2D eigenvalue weighted by Crippen LogP contribution is 2.35. The summed E-state index contributed by atoms with van der Waals surface area (Å²) in [7, 11) is 0. The van der Waals surface area contributed by atoms with E-state index in [0.29, 0.717) is 20.7 Å². The summed E-state index contributed by atoms with van der Waals surface area (Å²) < 4.78 is 0. The molecule has 0 fully saturated rings. The highest BCUT2D eigenvalue weighted by atomic mass is 35.5. The van der Waals surface area contributed by atoms with Gasteiger partial charge in [-0.3, -0.25) is 0 Å². The van der Waals surface area contributed by atoms with Gasteiger partial charge in [-0.25, -0.2) is 0 Å². The lowest BCUT2D eigenvalue weighted by atomic mass is 10.2. The Morgan fingerprint density at radius 2 is 1.91 bits per heavy atom. The van der Waals surface area contributed by atoms with E-state index >= 15 is 0 Å². The Bertz CT molecular complexity index is 835. The van der Waals surface area contributed by atoms with E-state index in [1.54, 1.807) is 6.07 Å². The summed E-state index contributed by atoms with van der Waals surface area (Å²) in [5.74, 6) is -0.0421. The Balaban J connectivity index is 1.85. The van der Waals surface area contributed by atoms with Crippen LogP contribution in [0.4, 0.5) is 10.8 Å². The molecule has 3 aromatic rings. The average Bonchev–Trinajstić information content (AvgIpc) is 2.91. The van der Waals surface area contributed by atoms with Crippen molar-refractivity contribution in [2.45, 2.75) is 6.92 Å². The molecule has 3 rings (SSSR count). The number of aromatic hydroxyl groups is 2. The molecule has 5 nitrogen and oxygen atoms in total. The minimum Gasteiger partial charge on any atom is -0.508 e. The van der Waals surface area contributed by atoms with Crippen molar-refractivity contribution >= 4 is 33.8 Å². The summed E-state index contributed by atoms with van der Waals surface area (Å²) in [6, 6.07) is 9.99. The Kier molecular flexibility index (Phi) is 3.87. The number of hydrogen-bond donors (Lipinski definition) is 3. The molecule has 0 aliphatic carbocycles. The van der Waals surface area contributed by atoms with Gasteiger partial charge in [-0.2, -0.15) is 0 Å². The number of halogens is 1. The molecule has 0 saturated heterocycles. The molecule has 0 bridgehead atoms. The fourth-order valence-corrected chi connectivity index (χ4v) is 2.86. The second-order valence-electron chi connectivity index (χ2n) is 4.70. The van der Waals surface area contributed by atoms with Crippen LogP contribution in [-0.4, -0.2) is 20.4 Å². The zero-order chi connectivity index (χ0) is 15.7. The first-order chi connectivity index (χ1) is 10.5. The summed E-state index contributed by atoms with van der Waals surface area (Å²) in [4.78, 5) is 0. The molecule has 0 aliphatic heterocycles. The Labute approximate surface area is 135 Å². The van der Waals surface area contributed by atoms with E-state index in [1.807, 2.05) is 25.1 Å². The third kappa shape index (κ3) is 2.98. The van der Waals surface area contributed by atoms with Gasteiger partial charge >= 0.3 is 0 Å². The van der Waals surface area contributed by atoms with Crippen LogP contribution in [-0.2, 0) is 0 Å². The smallest absolute Gasteiger partial charge is 0.210 e. The zero-order valence-corrected chi connectivity index (χ0v) is 13.1.